The van der Waals surface area contributed by atoms with Crippen LogP contribution < -0.4 is 10.6 Å². The third kappa shape index (κ3) is 4.00. The molecule has 0 bridgehead atoms. The number of rotatable bonds is 4. The molecule has 2 fully saturated rings. The number of fused-ring (bicyclic) bond motifs is 1. The Hall–Kier alpha value is -3.20. The lowest BCUT2D eigenvalue weighted by Gasteiger charge is -2.33. The zero-order chi connectivity index (χ0) is 22.3. The minimum absolute atomic E-state index is 0.184. The van der Waals surface area contributed by atoms with Crippen molar-refractivity contribution in [3.8, 4) is 0 Å². The number of hydrogen-bond acceptors (Lipinski definition) is 5. The van der Waals surface area contributed by atoms with Gasteiger partial charge in [-0.15, -0.1) is 4.40 Å². The molecular formula is C23H24N4O4S. The highest BCUT2D eigenvalue weighted by Crippen LogP contribution is 2.30. The number of benzene rings is 2. The minimum Gasteiger partial charge on any atom is -0.355 e. The van der Waals surface area contributed by atoms with Crippen molar-refractivity contribution in [2.75, 3.05) is 18.4 Å². The number of nitrogens with zero attached hydrogens (tertiary/aromatic N) is 2. The number of amidine groups is 1. The van der Waals surface area contributed by atoms with Gasteiger partial charge in [-0.2, -0.15) is 8.42 Å². The highest BCUT2D eigenvalue weighted by Gasteiger charge is 2.35. The summed E-state index contributed by atoms with van der Waals surface area (Å²) in [4.78, 5) is 27.7. The zero-order valence-corrected chi connectivity index (χ0v) is 18.3. The van der Waals surface area contributed by atoms with Crippen molar-refractivity contribution < 1.29 is 18.0 Å². The third-order valence-electron chi connectivity index (χ3n) is 6.05. The quantitative estimate of drug-likeness (QED) is 0.741. The van der Waals surface area contributed by atoms with Gasteiger partial charge in [0.15, 0.2) is 5.84 Å². The molecule has 0 spiro atoms. The van der Waals surface area contributed by atoms with Crippen LogP contribution in [0.2, 0.25) is 0 Å². The van der Waals surface area contributed by atoms with Gasteiger partial charge < -0.3 is 15.5 Å². The van der Waals surface area contributed by atoms with Gasteiger partial charge in [0.25, 0.3) is 15.9 Å². The van der Waals surface area contributed by atoms with E-state index in [0.717, 1.165) is 19.3 Å². The molecule has 9 heteroatoms. The first kappa shape index (κ1) is 20.7. The molecule has 166 valence electrons. The number of piperidine rings is 1. The molecule has 2 aromatic rings. The summed E-state index contributed by atoms with van der Waals surface area (Å²) in [5.41, 5.74) is 1.51. The Morgan fingerprint density at radius 2 is 1.75 bits per heavy atom. The van der Waals surface area contributed by atoms with E-state index in [1.54, 1.807) is 48.5 Å². The van der Waals surface area contributed by atoms with Crippen molar-refractivity contribution in [1.82, 2.24) is 10.2 Å². The molecule has 32 heavy (non-hydrogen) atoms. The average Bonchev–Trinajstić information content (AvgIpc) is 3.57. The summed E-state index contributed by atoms with van der Waals surface area (Å²) in [5.74, 6) is -0.310. The molecule has 1 atom stereocenters. The van der Waals surface area contributed by atoms with Crippen molar-refractivity contribution in [2.45, 2.75) is 36.6 Å². The maximum Gasteiger partial charge on any atom is 0.285 e. The number of likely N-dealkylation sites (tertiary alicyclic amines) is 1. The van der Waals surface area contributed by atoms with Crippen LogP contribution in [0, 0.1) is 5.92 Å². The van der Waals surface area contributed by atoms with Gasteiger partial charge in [0.1, 0.15) is 4.90 Å². The lowest BCUT2D eigenvalue weighted by Crippen LogP contribution is -2.44. The predicted molar refractivity (Wildman–Crippen MR) is 120 cm³/mol. The lowest BCUT2D eigenvalue weighted by molar-refractivity contribution is -0.121. The van der Waals surface area contributed by atoms with Crippen LogP contribution in [-0.4, -0.2) is 50.1 Å². The van der Waals surface area contributed by atoms with Crippen LogP contribution in [-0.2, 0) is 14.8 Å². The molecule has 5 rings (SSSR count). The Morgan fingerprint density at radius 1 is 1.00 bits per heavy atom. The molecule has 1 saturated carbocycles. The monoisotopic (exact) mass is 452 g/mol. The molecule has 2 amide bonds. The van der Waals surface area contributed by atoms with Crippen molar-refractivity contribution in [3.05, 3.63) is 59.7 Å². The van der Waals surface area contributed by atoms with E-state index in [1.807, 2.05) is 4.90 Å². The van der Waals surface area contributed by atoms with Crippen LogP contribution in [0.25, 0.3) is 0 Å². The summed E-state index contributed by atoms with van der Waals surface area (Å²) in [6.45, 7) is 0.998. The molecule has 1 unspecified atom stereocenters. The summed E-state index contributed by atoms with van der Waals surface area (Å²) in [5, 5.41) is 5.87. The standard InChI is InChI=1S/C23H24N4O4S/c28-22(25-19-9-3-1-7-17(19)23(29)24-16-11-12-16)15-6-5-13-27(14-15)21-18-8-2-4-10-20(18)32(30,31)26-21/h1-4,7-10,15-16H,5-6,11-14H2,(H,24,29)(H,25,28). The van der Waals surface area contributed by atoms with Crippen molar-refractivity contribution in [3.63, 3.8) is 0 Å². The van der Waals surface area contributed by atoms with E-state index < -0.39 is 10.0 Å². The van der Waals surface area contributed by atoms with Crippen molar-refractivity contribution in [2.24, 2.45) is 10.3 Å². The number of hydrogen-bond donors (Lipinski definition) is 2. The normalized spacial score (nSPS) is 21.4. The Morgan fingerprint density at radius 3 is 2.56 bits per heavy atom. The first-order valence-corrected chi connectivity index (χ1v) is 12.3. The largest absolute Gasteiger partial charge is 0.355 e. The number of sulfonamides is 1. The molecule has 2 heterocycles. The highest BCUT2D eigenvalue weighted by molar-refractivity contribution is 7.90. The molecule has 2 aromatic carbocycles. The molecule has 2 N–H and O–H groups in total. The fraction of sp³-hybridized carbons (Fsp3) is 0.348. The number of amides is 2. The van der Waals surface area contributed by atoms with E-state index in [0.29, 0.717) is 42.2 Å². The first-order chi connectivity index (χ1) is 15.4. The molecular weight excluding hydrogens is 428 g/mol. The van der Waals surface area contributed by atoms with E-state index in [2.05, 4.69) is 15.0 Å². The van der Waals surface area contributed by atoms with Crippen LogP contribution in [0.15, 0.2) is 57.8 Å². The van der Waals surface area contributed by atoms with Crippen LogP contribution in [0.1, 0.15) is 41.6 Å². The summed E-state index contributed by atoms with van der Waals surface area (Å²) >= 11 is 0. The van der Waals surface area contributed by atoms with Crippen LogP contribution in [0.4, 0.5) is 5.69 Å². The van der Waals surface area contributed by atoms with Gasteiger partial charge in [-0.25, -0.2) is 0 Å². The molecule has 1 aliphatic carbocycles. The van der Waals surface area contributed by atoms with Gasteiger partial charge >= 0.3 is 0 Å². The second-order valence-corrected chi connectivity index (χ2v) is 10.0. The van der Waals surface area contributed by atoms with Gasteiger partial charge in [0.05, 0.1) is 17.2 Å². The highest BCUT2D eigenvalue weighted by atomic mass is 32.2. The van der Waals surface area contributed by atoms with Gasteiger partial charge in [0, 0.05) is 24.7 Å². The van der Waals surface area contributed by atoms with E-state index >= 15 is 0 Å². The Balaban J connectivity index is 1.32. The number of carbonyl (C=O) groups is 2. The fourth-order valence-corrected chi connectivity index (χ4v) is 5.44. The molecule has 0 radical (unpaired) electrons. The smallest absolute Gasteiger partial charge is 0.285 e. The van der Waals surface area contributed by atoms with Gasteiger partial charge in [0.2, 0.25) is 5.91 Å². The molecule has 2 aliphatic heterocycles. The van der Waals surface area contributed by atoms with E-state index in [-0.39, 0.29) is 28.7 Å². The van der Waals surface area contributed by atoms with E-state index in [1.165, 1.54) is 0 Å². The number of carbonyl (C=O) groups excluding carboxylic acids is 2. The van der Waals surface area contributed by atoms with Gasteiger partial charge in [-0.1, -0.05) is 24.3 Å². The predicted octanol–water partition coefficient (Wildman–Crippen LogP) is 2.38. The summed E-state index contributed by atoms with van der Waals surface area (Å²) in [6, 6.07) is 14.0. The molecule has 0 aromatic heterocycles. The number of nitrogens with one attached hydrogen (secondary N) is 2. The zero-order valence-electron chi connectivity index (χ0n) is 17.5. The minimum atomic E-state index is -3.71. The maximum absolute atomic E-state index is 13.1. The molecule has 1 saturated heterocycles. The van der Waals surface area contributed by atoms with E-state index in [9.17, 15) is 18.0 Å². The fourth-order valence-electron chi connectivity index (χ4n) is 4.22. The summed E-state index contributed by atoms with van der Waals surface area (Å²) in [6.07, 6.45) is 3.39. The Kier molecular flexibility index (Phi) is 5.21. The lowest BCUT2D eigenvalue weighted by atomic mass is 9.96. The van der Waals surface area contributed by atoms with Crippen LogP contribution in [0.3, 0.4) is 0 Å². The second-order valence-electron chi connectivity index (χ2n) is 8.45. The SMILES string of the molecule is O=C(NC1CC1)c1ccccc1NC(=O)C1CCCN(C2=NS(=O)(=O)c3ccccc32)C1. The van der Waals surface area contributed by atoms with Gasteiger partial charge in [-0.05, 0) is 49.9 Å². The molecule has 8 nitrogen and oxygen atoms in total. The van der Waals surface area contributed by atoms with Gasteiger partial charge in [-0.3, -0.25) is 9.59 Å². The second kappa shape index (κ2) is 8.05. The summed E-state index contributed by atoms with van der Waals surface area (Å²) in [7, 11) is -3.71. The van der Waals surface area contributed by atoms with E-state index in [4.69, 9.17) is 0 Å². The topological polar surface area (TPSA) is 108 Å². The number of para-hydroxylation sites is 1. The Labute approximate surface area is 186 Å². The van der Waals surface area contributed by atoms with Crippen LogP contribution >= 0.6 is 0 Å². The number of anilines is 1. The average molecular weight is 453 g/mol. The molecule has 3 aliphatic rings. The maximum atomic E-state index is 13.1. The van der Waals surface area contributed by atoms with Crippen molar-refractivity contribution in [1.29, 1.82) is 0 Å². The van der Waals surface area contributed by atoms with Crippen LogP contribution in [0.5, 0.6) is 0 Å². The Bertz CT molecular complexity index is 1220. The summed E-state index contributed by atoms with van der Waals surface area (Å²) < 4.78 is 28.8. The first-order valence-electron chi connectivity index (χ1n) is 10.8. The van der Waals surface area contributed by atoms with Crippen molar-refractivity contribution >= 4 is 33.4 Å². The third-order valence-corrected chi connectivity index (χ3v) is 7.37.